The maximum atomic E-state index is 13.2. The highest BCUT2D eigenvalue weighted by Crippen LogP contribution is 2.42. The molecule has 1 atom stereocenters. The first-order valence-corrected chi connectivity index (χ1v) is 13.0. The summed E-state index contributed by atoms with van der Waals surface area (Å²) in [5.41, 5.74) is 1.05. The summed E-state index contributed by atoms with van der Waals surface area (Å²) >= 11 is 3.42. The van der Waals surface area contributed by atoms with Gasteiger partial charge >= 0.3 is 0 Å². The Morgan fingerprint density at radius 1 is 1.10 bits per heavy atom. The molecule has 1 saturated heterocycles. The molecule has 3 aliphatic rings. The van der Waals surface area contributed by atoms with E-state index in [9.17, 15) is 4.79 Å². The van der Waals surface area contributed by atoms with Crippen molar-refractivity contribution in [2.75, 3.05) is 35.2 Å². The molecule has 1 aromatic carbocycles. The molecule has 2 aromatic rings. The van der Waals surface area contributed by atoms with Crippen molar-refractivity contribution < 1.29 is 4.79 Å². The highest BCUT2D eigenvalue weighted by Gasteiger charge is 2.32. The number of piperidine rings is 1. The van der Waals surface area contributed by atoms with E-state index in [4.69, 9.17) is 0 Å². The van der Waals surface area contributed by atoms with E-state index in [1.807, 2.05) is 22.7 Å². The number of nitrogens with zero attached hydrogens (tertiary/aromatic N) is 5. The molecule has 0 radical (unpaired) electrons. The maximum Gasteiger partial charge on any atom is 0.237 e. The lowest BCUT2D eigenvalue weighted by Crippen LogP contribution is -2.33. The van der Waals surface area contributed by atoms with E-state index in [0.717, 1.165) is 42.8 Å². The van der Waals surface area contributed by atoms with Crippen LogP contribution in [0, 0.1) is 0 Å². The van der Waals surface area contributed by atoms with E-state index >= 15 is 0 Å². The molecular formula is C22H29N5OS2. The maximum absolute atomic E-state index is 13.2. The minimum atomic E-state index is 0.159. The SMILES string of the molecule is CC1CCN(C(=O)CSc2nnc(N3CCCCC3)n2C2CC2)c2ccccc2S1. The molecule has 8 heteroatoms. The van der Waals surface area contributed by atoms with Crippen molar-refractivity contribution in [2.24, 2.45) is 0 Å². The summed E-state index contributed by atoms with van der Waals surface area (Å²) in [5, 5.41) is 10.5. The van der Waals surface area contributed by atoms with Crippen molar-refractivity contribution in [3.8, 4) is 0 Å². The second-order valence-corrected chi connectivity index (χ2v) is 10.9. The molecule has 160 valence electrons. The predicted octanol–water partition coefficient (Wildman–Crippen LogP) is 4.61. The van der Waals surface area contributed by atoms with Gasteiger partial charge in [-0.3, -0.25) is 9.36 Å². The summed E-state index contributed by atoms with van der Waals surface area (Å²) < 4.78 is 2.30. The van der Waals surface area contributed by atoms with Gasteiger partial charge in [-0.05, 0) is 50.7 Å². The number of rotatable bonds is 5. The summed E-state index contributed by atoms with van der Waals surface area (Å²) in [6.07, 6.45) is 7.14. The molecule has 0 N–H and O–H groups in total. The summed E-state index contributed by atoms with van der Waals surface area (Å²) in [6, 6.07) is 8.79. The fourth-order valence-electron chi connectivity index (χ4n) is 4.28. The van der Waals surface area contributed by atoms with Gasteiger partial charge in [0.25, 0.3) is 0 Å². The third-order valence-electron chi connectivity index (χ3n) is 6.07. The topological polar surface area (TPSA) is 54.3 Å². The lowest BCUT2D eigenvalue weighted by molar-refractivity contribution is -0.116. The van der Waals surface area contributed by atoms with Crippen LogP contribution in [-0.4, -0.2) is 51.3 Å². The van der Waals surface area contributed by atoms with E-state index in [1.165, 1.54) is 37.0 Å². The Morgan fingerprint density at radius 3 is 2.70 bits per heavy atom. The summed E-state index contributed by atoms with van der Waals surface area (Å²) in [7, 11) is 0. The number of benzene rings is 1. The fraction of sp³-hybridized carbons (Fsp3) is 0.591. The van der Waals surface area contributed by atoms with Crippen LogP contribution in [0.15, 0.2) is 34.3 Å². The Bertz CT molecular complexity index is 907. The highest BCUT2D eigenvalue weighted by molar-refractivity contribution is 8.00. The molecule has 0 bridgehead atoms. The molecule has 1 aliphatic carbocycles. The van der Waals surface area contributed by atoms with Crippen molar-refractivity contribution in [3.05, 3.63) is 24.3 Å². The zero-order valence-electron chi connectivity index (χ0n) is 17.5. The first kappa shape index (κ1) is 20.2. The van der Waals surface area contributed by atoms with Crippen LogP contribution >= 0.6 is 23.5 Å². The normalized spacial score (nSPS) is 22.0. The predicted molar refractivity (Wildman–Crippen MR) is 124 cm³/mol. The summed E-state index contributed by atoms with van der Waals surface area (Å²) in [4.78, 5) is 18.8. The minimum absolute atomic E-state index is 0.159. The highest BCUT2D eigenvalue weighted by atomic mass is 32.2. The Morgan fingerprint density at radius 2 is 1.90 bits per heavy atom. The number of fused-ring (bicyclic) bond motifs is 1. The van der Waals surface area contributed by atoms with Crippen molar-refractivity contribution in [3.63, 3.8) is 0 Å². The zero-order valence-corrected chi connectivity index (χ0v) is 19.1. The van der Waals surface area contributed by atoms with Crippen molar-refractivity contribution in [1.29, 1.82) is 0 Å². The van der Waals surface area contributed by atoms with Crippen LogP contribution in [0.4, 0.5) is 11.6 Å². The molecule has 30 heavy (non-hydrogen) atoms. The lowest BCUT2D eigenvalue weighted by Gasteiger charge is -2.28. The van der Waals surface area contributed by atoms with Crippen molar-refractivity contribution in [1.82, 2.24) is 14.8 Å². The molecule has 1 aromatic heterocycles. The third-order valence-corrected chi connectivity index (χ3v) is 8.23. The van der Waals surface area contributed by atoms with Crippen LogP contribution < -0.4 is 9.80 Å². The van der Waals surface area contributed by atoms with Crippen molar-refractivity contribution >= 4 is 41.1 Å². The second-order valence-electron chi connectivity index (χ2n) is 8.45. The van der Waals surface area contributed by atoms with Crippen LogP contribution in [0.2, 0.25) is 0 Å². The van der Waals surface area contributed by atoms with Gasteiger partial charge in [-0.15, -0.1) is 22.0 Å². The molecule has 2 fully saturated rings. The van der Waals surface area contributed by atoms with E-state index in [-0.39, 0.29) is 5.91 Å². The monoisotopic (exact) mass is 443 g/mol. The molecule has 1 saturated carbocycles. The molecular weight excluding hydrogens is 414 g/mol. The number of hydrogen-bond donors (Lipinski definition) is 0. The van der Waals surface area contributed by atoms with Crippen molar-refractivity contribution in [2.45, 2.75) is 66.8 Å². The van der Waals surface area contributed by atoms with Crippen LogP contribution in [0.3, 0.4) is 0 Å². The zero-order chi connectivity index (χ0) is 20.5. The third kappa shape index (κ3) is 4.21. The van der Waals surface area contributed by atoms with Gasteiger partial charge in [-0.25, -0.2) is 0 Å². The van der Waals surface area contributed by atoms with Gasteiger partial charge < -0.3 is 9.80 Å². The summed E-state index contributed by atoms with van der Waals surface area (Å²) in [5.74, 6) is 1.57. The first-order chi connectivity index (χ1) is 14.7. The smallest absolute Gasteiger partial charge is 0.237 e. The molecule has 6 nitrogen and oxygen atoms in total. The fourth-order valence-corrected chi connectivity index (χ4v) is 6.27. The standard InChI is InChI=1S/C22H29N5OS2/c1-16-11-14-26(18-7-3-4-8-19(18)30-16)20(28)15-29-22-24-23-21(27(22)17-9-10-17)25-12-5-2-6-13-25/h3-4,7-8,16-17H,2,5-6,9-15H2,1H3. The van der Waals surface area contributed by atoms with Gasteiger partial charge in [0.2, 0.25) is 11.9 Å². The van der Waals surface area contributed by atoms with Gasteiger partial charge in [-0.1, -0.05) is 30.8 Å². The average molecular weight is 444 g/mol. The van der Waals surface area contributed by atoms with Gasteiger partial charge in [-0.2, -0.15) is 0 Å². The Hall–Kier alpha value is -1.67. The molecule has 1 unspecified atom stereocenters. The number of amides is 1. The Balaban J connectivity index is 1.32. The van der Waals surface area contributed by atoms with Gasteiger partial charge in [0.15, 0.2) is 5.16 Å². The number of carbonyl (C=O) groups excluding carboxylic acids is 1. The lowest BCUT2D eigenvalue weighted by atomic mass is 10.1. The second kappa shape index (κ2) is 8.83. The largest absolute Gasteiger partial charge is 0.341 e. The molecule has 5 rings (SSSR count). The minimum Gasteiger partial charge on any atom is -0.341 e. The summed E-state index contributed by atoms with van der Waals surface area (Å²) in [6.45, 7) is 5.15. The molecule has 0 spiro atoms. The first-order valence-electron chi connectivity index (χ1n) is 11.1. The van der Waals surface area contributed by atoms with Gasteiger partial charge in [0.05, 0.1) is 11.4 Å². The van der Waals surface area contributed by atoms with Crippen LogP contribution in [0.1, 0.15) is 51.5 Å². The van der Waals surface area contributed by atoms with Crippen LogP contribution in [0.25, 0.3) is 0 Å². The molecule has 3 heterocycles. The molecule has 1 amide bonds. The van der Waals surface area contributed by atoms with Gasteiger partial charge in [0.1, 0.15) is 0 Å². The van der Waals surface area contributed by atoms with E-state index < -0.39 is 0 Å². The van der Waals surface area contributed by atoms with E-state index in [1.54, 1.807) is 11.8 Å². The number of thioether (sulfide) groups is 2. The number of anilines is 2. The number of para-hydroxylation sites is 1. The van der Waals surface area contributed by atoms with Crippen LogP contribution in [-0.2, 0) is 4.79 Å². The van der Waals surface area contributed by atoms with Crippen LogP contribution in [0.5, 0.6) is 0 Å². The molecule has 2 aliphatic heterocycles. The van der Waals surface area contributed by atoms with E-state index in [0.29, 0.717) is 17.0 Å². The van der Waals surface area contributed by atoms with Gasteiger partial charge in [0, 0.05) is 35.8 Å². The number of aromatic nitrogens is 3. The number of hydrogen-bond acceptors (Lipinski definition) is 6. The average Bonchev–Trinajstić information content (AvgIpc) is 3.55. The quantitative estimate of drug-likeness (QED) is 0.629. The Labute approximate surface area is 186 Å². The Kier molecular flexibility index (Phi) is 5.96. The van der Waals surface area contributed by atoms with E-state index in [2.05, 4.69) is 44.8 Å². The number of carbonyl (C=O) groups is 1.